The van der Waals surface area contributed by atoms with Crippen LogP contribution in [0.2, 0.25) is 0 Å². The predicted molar refractivity (Wildman–Crippen MR) is 95.6 cm³/mol. The van der Waals surface area contributed by atoms with Gasteiger partial charge in [0.25, 0.3) is 5.91 Å². The molecule has 120 valence electrons. The lowest BCUT2D eigenvalue weighted by Gasteiger charge is -2.27. The first-order valence-corrected chi connectivity index (χ1v) is 8.69. The zero-order valence-corrected chi connectivity index (χ0v) is 13.8. The number of benzene rings is 1. The van der Waals surface area contributed by atoms with E-state index in [9.17, 15) is 4.79 Å². The number of amides is 1. The topological polar surface area (TPSA) is 41.9 Å². The maximum atomic E-state index is 12.1. The van der Waals surface area contributed by atoms with Crippen molar-refractivity contribution in [1.29, 1.82) is 0 Å². The molecule has 2 aliphatic rings. The molecule has 0 atom stereocenters. The minimum absolute atomic E-state index is 0.137. The van der Waals surface area contributed by atoms with Crippen LogP contribution in [0.4, 0.5) is 0 Å². The third-order valence-corrected chi connectivity index (χ3v) is 4.83. The van der Waals surface area contributed by atoms with E-state index < -0.39 is 0 Å². The molecule has 3 rings (SSSR count). The summed E-state index contributed by atoms with van der Waals surface area (Å²) in [5, 5.41) is 0.854. The van der Waals surface area contributed by atoms with Crippen molar-refractivity contribution in [2.75, 3.05) is 19.7 Å². The normalized spacial score (nSPS) is 19.8. The van der Waals surface area contributed by atoms with Crippen molar-refractivity contribution in [2.45, 2.75) is 19.3 Å². The summed E-state index contributed by atoms with van der Waals surface area (Å²) in [5.41, 5.74) is 0.974. The van der Waals surface area contributed by atoms with Crippen LogP contribution in [0.25, 0.3) is 6.08 Å². The summed E-state index contributed by atoms with van der Waals surface area (Å²) in [6.07, 6.45) is 7.23. The molecule has 2 aliphatic heterocycles. The van der Waals surface area contributed by atoms with Gasteiger partial charge in [0.15, 0.2) is 5.17 Å². The highest BCUT2D eigenvalue weighted by atomic mass is 32.2. The molecule has 0 aromatic heterocycles. The number of piperidine rings is 1. The molecule has 0 unspecified atom stereocenters. The summed E-state index contributed by atoms with van der Waals surface area (Å²) in [4.78, 5) is 19.2. The number of hydrogen-bond donors (Lipinski definition) is 0. The third kappa shape index (κ3) is 4.05. The molecule has 1 aromatic rings. The summed E-state index contributed by atoms with van der Waals surface area (Å²) < 4.78 is 5.46. The Balaban J connectivity index is 1.66. The van der Waals surface area contributed by atoms with Crippen LogP contribution in [0, 0.1) is 0 Å². The Bertz CT molecular complexity index is 643. The van der Waals surface area contributed by atoms with Crippen molar-refractivity contribution in [3.63, 3.8) is 0 Å². The van der Waals surface area contributed by atoms with Crippen LogP contribution in [-0.2, 0) is 4.79 Å². The van der Waals surface area contributed by atoms with Crippen LogP contribution >= 0.6 is 11.8 Å². The average molecular weight is 328 g/mol. The van der Waals surface area contributed by atoms with Crippen molar-refractivity contribution < 1.29 is 9.53 Å². The van der Waals surface area contributed by atoms with E-state index in [0.717, 1.165) is 29.6 Å². The van der Waals surface area contributed by atoms with Crippen molar-refractivity contribution in [3.05, 3.63) is 47.4 Å². The lowest BCUT2D eigenvalue weighted by Crippen LogP contribution is -2.33. The Labute approximate surface area is 140 Å². The zero-order chi connectivity index (χ0) is 16.1. The molecule has 0 bridgehead atoms. The fraction of sp³-hybridized carbons (Fsp3) is 0.333. The maximum absolute atomic E-state index is 12.1. The number of carbonyl (C=O) groups is 1. The van der Waals surface area contributed by atoms with Gasteiger partial charge in [-0.25, -0.2) is 0 Å². The molecule has 5 heteroatoms. The number of nitrogens with zero attached hydrogens (tertiary/aromatic N) is 2. The second kappa shape index (κ2) is 7.51. The standard InChI is InChI=1S/C18H20N2O2S/c1-2-12-22-15-8-6-14(7-9-15)13-16-17(21)19-18(23-16)20-10-4-3-5-11-20/h2,6-9,13H,1,3-5,10-12H2/b16-13-. The number of hydrogen-bond acceptors (Lipinski definition) is 4. The number of amidine groups is 1. The second-order valence-electron chi connectivity index (χ2n) is 5.53. The SMILES string of the molecule is C=CCOc1ccc(/C=C2\SC(N3CCCCC3)=NC2=O)cc1. The van der Waals surface area contributed by atoms with E-state index in [4.69, 9.17) is 4.74 Å². The van der Waals surface area contributed by atoms with E-state index in [1.165, 1.54) is 31.0 Å². The molecule has 1 amide bonds. The van der Waals surface area contributed by atoms with Gasteiger partial charge in [0.05, 0.1) is 4.91 Å². The van der Waals surface area contributed by atoms with Gasteiger partial charge in [-0.3, -0.25) is 4.79 Å². The van der Waals surface area contributed by atoms with Gasteiger partial charge in [-0.1, -0.05) is 24.8 Å². The number of thioether (sulfide) groups is 1. The molecule has 4 nitrogen and oxygen atoms in total. The van der Waals surface area contributed by atoms with Gasteiger partial charge in [0.1, 0.15) is 12.4 Å². The van der Waals surface area contributed by atoms with Gasteiger partial charge in [-0.15, -0.1) is 0 Å². The summed E-state index contributed by atoms with van der Waals surface area (Å²) in [5.74, 6) is 0.658. The third-order valence-electron chi connectivity index (χ3n) is 3.78. The average Bonchev–Trinajstić information content (AvgIpc) is 2.96. The van der Waals surface area contributed by atoms with Gasteiger partial charge in [0.2, 0.25) is 0 Å². The smallest absolute Gasteiger partial charge is 0.286 e. The quantitative estimate of drug-likeness (QED) is 0.624. The largest absolute Gasteiger partial charge is 0.490 e. The minimum Gasteiger partial charge on any atom is -0.490 e. The van der Waals surface area contributed by atoms with Gasteiger partial charge >= 0.3 is 0 Å². The number of carbonyl (C=O) groups excluding carboxylic acids is 1. The van der Waals surface area contributed by atoms with Crippen molar-refractivity contribution in [3.8, 4) is 5.75 Å². The highest BCUT2D eigenvalue weighted by molar-refractivity contribution is 8.18. The summed E-state index contributed by atoms with van der Waals surface area (Å²) in [7, 11) is 0. The molecule has 1 aromatic carbocycles. The van der Waals surface area contributed by atoms with E-state index in [2.05, 4.69) is 16.5 Å². The van der Waals surface area contributed by atoms with Gasteiger partial charge < -0.3 is 9.64 Å². The van der Waals surface area contributed by atoms with Crippen molar-refractivity contribution in [2.24, 2.45) is 4.99 Å². The first-order valence-electron chi connectivity index (χ1n) is 7.87. The van der Waals surface area contributed by atoms with E-state index in [-0.39, 0.29) is 5.91 Å². The Morgan fingerprint density at radius 2 is 1.96 bits per heavy atom. The monoisotopic (exact) mass is 328 g/mol. The molecular formula is C18H20N2O2S. The van der Waals surface area contributed by atoms with Gasteiger partial charge in [-0.2, -0.15) is 4.99 Å². The number of likely N-dealkylation sites (tertiary alicyclic amines) is 1. The van der Waals surface area contributed by atoms with Crippen LogP contribution in [0.1, 0.15) is 24.8 Å². The molecular weight excluding hydrogens is 308 g/mol. The van der Waals surface area contributed by atoms with Crippen LogP contribution in [0.3, 0.4) is 0 Å². The molecule has 0 radical (unpaired) electrons. The summed E-state index contributed by atoms with van der Waals surface area (Å²) in [6.45, 7) is 6.12. The van der Waals surface area contributed by atoms with Crippen LogP contribution in [-0.4, -0.2) is 35.7 Å². The Morgan fingerprint density at radius 3 is 2.65 bits per heavy atom. The van der Waals surface area contributed by atoms with Gasteiger partial charge in [-0.05, 0) is 54.8 Å². The molecule has 23 heavy (non-hydrogen) atoms. The van der Waals surface area contributed by atoms with Crippen LogP contribution in [0.5, 0.6) is 5.75 Å². The molecule has 0 aliphatic carbocycles. The first-order chi connectivity index (χ1) is 11.3. The number of aliphatic imine (C=N–C) groups is 1. The molecule has 0 spiro atoms. The molecule has 0 saturated carbocycles. The summed E-state index contributed by atoms with van der Waals surface area (Å²) >= 11 is 1.48. The van der Waals surface area contributed by atoms with Crippen LogP contribution < -0.4 is 4.74 Å². The Morgan fingerprint density at radius 1 is 1.22 bits per heavy atom. The van der Waals surface area contributed by atoms with E-state index in [1.807, 2.05) is 30.3 Å². The first kappa shape index (κ1) is 15.9. The highest BCUT2D eigenvalue weighted by Crippen LogP contribution is 2.31. The summed E-state index contributed by atoms with van der Waals surface area (Å²) in [6, 6.07) is 7.68. The molecule has 0 N–H and O–H groups in total. The minimum atomic E-state index is -0.137. The van der Waals surface area contributed by atoms with E-state index in [1.54, 1.807) is 6.08 Å². The van der Waals surface area contributed by atoms with Crippen molar-refractivity contribution >= 4 is 28.9 Å². The van der Waals surface area contributed by atoms with Crippen molar-refractivity contribution in [1.82, 2.24) is 4.90 Å². The van der Waals surface area contributed by atoms with Crippen LogP contribution in [0.15, 0.2) is 46.8 Å². The highest BCUT2D eigenvalue weighted by Gasteiger charge is 2.26. The number of rotatable bonds is 4. The lowest BCUT2D eigenvalue weighted by atomic mass is 10.1. The van der Waals surface area contributed by atoms with Gasteiger partial charge in [0, 0.05) is 13.1 Å². The van der Waals surface area contributed by atoms with E-state index in [0.29, 0.717) is 11.5 Å². The fourth-order valence-corrected chi connectivity index (χ4v) is 3.55. The zero-order valence-electron chi connectivity index (χ0n) is 13.0. The second-order valence-corrected chi connectivity index (χ2v) is 6.54. The number of ether oxygens (including phenoxy) is 1. The lowest BCUT2D eigenvalue weighted by molar-refractivity contribution is -0.113. The Kier molecular flexibility index (Phi) is 5.18. The molecule has 1 fully saturated rings. The fourth-order valence-electron chi connectivity index (χ4n) is 2.59. The molecule has 2 heterocycles. The maximum Gasteiger partial charge on any atom is 0.286 e. The predicted octanol–water partition coefficient (Wildman–Crippen LogP) is 3.71. The Hall–Kier alpha value is -2.01. The van der Waals surface area contributed by atoms with E-state index >= 15 is 0 Å². The molecule has 1 saturated heterocycles.